The van der Waals surface area contributed by atoms with Crippen LogP contribution in [0.2, 0.25) is 0 Å². The fourth-order valence-corrected chi connectivity index (χ4v) is 4.00. The van der Waals surface area contributed by atoms with E-state index in [1.54, 1.807) is 36.5 Å². The molecule has 2 aromatic heterocycles. The number of alkyl halides is 3. The summed E-state index contributed by atoms with van der Waals surface area (Å²) in [5.74, 6) is -0.282. The first kappa shape index (κ1) is 22.6. The number of aromatic nitrogens is 3. The van der Waals surface area contributed by atoms with Crippen LogP contribution in [0.3, 0.4) is 0 Å². The highest BCUT2D eigenvalue weighted by Crippen LogP contribution is 2.34. The molecule has 1 N–H and O–H groups in total. The SMILES string of the molecule is Cc1ccc(-n2ncc(C(=O)Nc3cccc(CSc4ccccn4)c3)c2C(F)(F)F)cc1. The first-order valence-electron chi connectivity index (χ1n) is 9.97. The smallest absolute Gasteiger partial charge is 0.322 e. The van der Waals surface area contributed by atoms with Gasteiger partial charge in [-0.15, -0.1) is 11.8 Å². The van der Waals surface area contributed by atoms with Crippen LogP contribution in [0.25, 0.3) is 5.69 Å². The molecule has 2 aromatic carbocycles. The van der Waals surface area contributed by atoms with Gasteiger partial charge >= 0.3 is 6.18 Å². The highest BCUT2D eigenvalue weighted by Gasteiger charge is 2.40. The standard InChI is InChI=1S/C24H19F3N4OS/c1-16-8-10-19(11-9-16)31-22(24(25,26)27)20(14-29-31)23(32)30-18-6-4-5-17(13-18)15-33-21-7-2-3-12-28-21/h2-14H,15H2,1H3,(H,30,32). The zero-order valence-electron chi connectivity index (χ0n) is 17.5. The molecule has 0 saturated heterocycles. The van der Waals surface area contributed by atoms with Crippen LogP contribution in [0.4, 0.5) is 18.9 Å². The molecule has 2 heterocycles. The van der Waals surface area contributed by atoms with Crippen molar-refractivity contribution in [2.75, 3.05) is 5.32 Å². The number of rotatable bonds is 6. The van der Waals surface area contributed by atoms with Crippen LogP contribution in [0.1, 0.15) is 27.2 Å². The number of carbonyl (C=O) groups excluding carboxylic acids is 1. The van der Waals surface area contributed by atoms with Gasteiger partial charge in [0.15, 0.2) is 5.69 Å². The lowest BCUT2D eigenvalue weighted by Gasteiger charge is -2.13. The molecule has 4 aromatic rings. The number of hydrogen-bond acceptors (Lipinski definition) is 4. The molecular formula is C24H19F3N4OS. The summed E-state index contributed by atoms with van der Waals surface area (Å²) in [6.45, 7) is 1.83. The second-order valence-electron chi connectivity index (χ2n) is 7.26. The van der Waals surface area contributed by atoms with Gasteiger partial charge in [0, 0.05) is 17.6 Å². The Kier molecular flexibility index (Phi) is 6.50. The van der Waals surface area contributed by atoms with E-state index in [1.165, 1.54) is 23.9 Å². The monoisotopic (exact) mass is 468 g/mol. The van der Waals surface area contributed by atoms with E-state index in [4.69, 9.17) is 0 Å². The lowest BCUT2D eigenvalue weighted by atomic mass is 10.2. The topological polar surface area (TPSA) is 59.8 Å². The highest BCUT2D eigenvalue weighted by atomic mass is 32.2. The Morgan fingerprint density at radius 1 is 1.06 bits per heavy atom. The molecule has 4 rings (SSSR count). The number of nitrogens with zero attached hydrogens (tertiary/aromatic N) is 3. The van der Waals surface area contributed by atoms with Crippen LogP contribution in [-0.4, -0.2) is 20.7 Å². The number of halogens is 3. The number of aryl methyl sites for hydroxylation is 1. The van der Waals surface area contributed by atoms with Crippen LogP contribution in [0, 0.1) is 6.92 Å². The summed E-state index contributed by atoms with van der Waals surface area (Å²) in [5.41, 5.74) is 0.756. The molecule has 33 heavy (non-hydrogen) atoms. The number of amides is 1. The number of thioether (sulfide) groups is 1. The van der Waals surface area contributed by atoms with Crippen molar-refractivity contribution < 1.29 is 18.0 Å². The molecule has 5 nitrogen and oxygen atoms in total. The Balaban J connectivity index is 1.56. The van der Waals surface area contributed by atoms with Crippen LogP contribution in [0.15, 0.2) is 84.1 Å². The molecule has 0 atom stereocenters. The summed E-state index contributed by atoms with van der Waals surface area (Å²) < 4.78 is 42.4. The van der Waals surface area contributed by atoms with Gasteiger partial charge in [0.2, 0.25) is 0 Å². The summed E-state index contributed by atoms with van der Waals surface area (Å²) >= 11 is 1.52. The Morgan fingerprint density at radius 2 is 1.85 bits per heavy atom. The molecule has 0 unspecified atom stereocenters. The van der Waals surface area contributed by atoms with Gasteiger partial charge in [-0.1, -0.05) is 35.9 Å². The molecular weight excluding hydrogens is 449 g/mol. The van der Waals surface area contributed by atoms with E-state index in [-0.39, 0.29) is 5.69 Å². The van der Waals surface area contributed by atoms with E-state index in [9.17, 15) is 18.0 Å². The molecule has 1 amide bonds. The molecule has 0 aliphatic rings. The van der Waals surface area contributed by atoms with Crippen molar-refractivity contribution in [2.45, 2.75) is 23.9 Å². The van der Waals surface area contributed by atoms with Gasteiger partial charge in [-0.3, -0.25) is 4.79 Å². The minimum Gasteiger partial charge on any atom is -0.322 e. The number of anilines is 1. The van der Waals surface area contributed by atoms with Crippen LogP contribution in [-0.2, 0) is 11.9 Å². The maximum absolute atomic E-state index is 13.9. The van der Waals surface area contributed by atoms with Crippen molar-refractivity contribution in [3.63, 3.8) is 0 Å². The van der Waals surface area contributed by atoms with E-state index in [2.05, 4.69) is 15.4 Å². The zero-order valence-corrected chi connectivity index (χ0v) is 18.3. The predicted molar refractivity (Wildman–Crippen MR) is 121 cm³/mol. The third-order valence-corrected chi connectivity index (χ3v) is 5.79. The zero-order chi connectivity index (χ0) is 23.4. The molecule has 9 heteroatoms. The van der Waals surface area contributed by atoms with Crippen molar-refractivity contribution in [1.82, 2.24) is 14.8 Å². The fraction of sp³-hybridized carbons (Fsp3) is 0.125. The maximum Gasteiger partial charge on any atom is 0.434 e. The highest BCUT2D eigenvalue weighted by molar-refractivity contribution is 7.98. The van der Waals surface area contributed by atoms with Crippen molar-refractivity contribution in [1.29, 1.82) is 0 Å². The number of hydrogen-bond donors (Lipinski definition) is 1. The second-order valence-corrected chi connectivity index (χ2v) is 8.26. The Bertz CT molecular complexity index is 1250. The quantitative estimate of drug-likeness (QED) is 0.346. The molecule has 0 radical (unpaired) electrons. The normalized spacial score (nSPS) is 11.4. The minimum absolute atomic E-state index is 0.223. The van der Waals surface area contributed by atoms with Gasteiger partial charge < -0.3 is 5.32 Å². The lowest BCUT2D eigenvalue weighted by Crippen LogP contribution is -2.20. The van der Waals surface area contributed by atoms with E-state index in [0.717, 1.165) is 27.0 Å². The van der Waals surface area contributed by atoms with Crippen molar-refractivity contribution in [2.24, 2.45) is 0 Å². The third-order valence-electron chi connectivity index (χ3n) is 4.77. The van der Waals surface area contributed by atoms with Crippen molar-refractivity contribution >= 4 is 23.4 Å². The first-order chi connectivity index (χ1) is 15.8. The van der Waals surface area contributed by atoms with Crippen LogP contribution in [0.5, 0.6) is 0 Å². The number of pyridine rings is 1. The molecule has 168 valence electrons. The average Bonchev–Trinajstić information content (AvgIpc) is 3.25. The van der Waals surface area contributed by atoms with Gasteiger partial charge in [-0.05, 0) is 48.9 Å². The van der Waals surface area contributed by atoms with Gasteiger partial charge in [0.1, 0.15) is 0 Å². The third kappa shape index (κ3) is 5.43. The average molecular weight is 469 g/mol. The van der Waals surface area contributed by atoms with E-state index >= 15 is 0 Å². The van der Waals surface area contributed by atoms with Crippen molar-refractivity contribution in [3.8, 4) is 5.69 Å². The fourth-order valence-electron chi connectivity index (χ4n) is 3.20. The maximum atomic E-state index is 13.9. The van der Waals surface area contributed by atoms with Crippen LogP contribution < -0.4 is 5.32 Å². The Hall–Kier alpha value is -3.59. The molecule has 0 aliphatic heterocycles. The Labute approximate surface area is 192 Å². The van der Waals surface area contributed by atoms with E-state index in [0.29, 0.717) is 11.4 Å². The van der Waals surface area contributed by atoms with Crippen molar-refractivity contribution in [3.05, 3.63) is 102 Å². The second kappa shape index (κ2) is 9.50. The van der Waals surface area contributed by atoms with Gasteiger partial charge in [0.05, 0.1) is 22.5 Å². The Morgan fingerprint density at radius 3 is 2.55 bits per heavy atom. The molecule has 0 saturated carbocycles. The summed E-state index contributed by atoms with van der Waals surface area (Å²) in [6.07, 6.45) is -2.12. The largest absolute Gasteiger partial charge is 0.434 e. The summed E-state index contributed by atoms with van der Waals surface area (Å²) in [5, 5.41) is 7.27. The summed E-state index contributed by atoms with van der Waals surface area (Å²) in [4.78, 5) is 17.0. The predicted octanol–water partition coefficient (Wildman–Crippen LogP) is 6.14. The molecule has 0 aliphatic carbocycles. The summed E-state index contributed by atoms with van der Waals surface area (Å²) in [6, 6.07) is 19.0. The van der Waals surface area contributed by atoms with Gasteiger partial charge in [-0.2, -0.15) is 18.3 Å². The minimum atomic E-state index is -4.77. The number of nitrogens with one attached hydrogen (secondary N) is 1. The number of carbonyl (C=O) groups is 1. The van der Waals surface area contributed by atoms with Gasteiger partial charge in [0.25, 0.3) is 5.91 Å². The molecule has 0 bridgehead atoms. The lowest BCUT2D eigenvalue weighted by molar-refractivity contribution is -0.143. The van der Waals surface area contributed by atoms with E-state index < -0.39 is 23.3 Å². The van der Waals surface area contributed by atoms with Crippen LogP contribution >= 0.6 is 11.8 Å². The number of benzene rings is 2. The molecule has 0 spiro atoms. The molecule has 0 fully saturated rings. The first-order valence-corrected chi connectivity index (χ1v) is 11.0. The van der Waals surface area contributed by atoms with E-state index in [1.807, 2.05) is 31.2 Å². The summed E-state index contributed by atoms with van der Waals surface area (Å²) in [7, 11) is 0. The van der Waals surface area contributed by atoms with Gasteiger partial charge in [-0.25, -0.2) is 9.67 Å².